The van der Waals surface area contributed by atoms with Gasteiger partial charge in [0.15, 0.2) is 0 Å². The molecule has 0 spiro atoms. The fraction of sp³-hybridized carbons (Fsp3) is 0.706. The SMILES string of the molecule is C[C@H](OC[C@H]1CCCN(C(=O)OC(C)(C)C)C1)c1ccco1. The maximum absolute atomic E-state index is 12.1. The van der Waals surface area contributed by atoms with Gasteiger partial charge in [0.1, 0.15) is 17.5 Å². The van der Waals surface area contributed by atoms with Gasteiger partial charge in [0.2, 0.25) is 0 Å². The molecule has 124 valence electrons. The lowest BCUT2D eigenvalue weighted by Gasteiger charge is -2.34. The van der Waals surface area contributed by atoms with E-state index in [4.69, 9.17) is 13.9 Å². The number of furan rings is 1. The van der Waals surface area contributed by atoms with Crippen LogP contribution in [0.25, 0.3) is 0 Å². The highest BCUT2D eigenvalue weighted by molar-refractivity contribution is 5.68. The number of likely N-dealkylation sites (tertiary alicyclic amines) is 1. The molecule has 22 heavy (non-hydrogen) atoms. The van der Waals surface area contributed by atoms with Crippen LogP contribution in [0.2, 0.25) is 0 Å². The third kappa shape index (κ3) is 5.05. The van der Waals surface area contributed by atoms with E-state index in [0.29, 0.717) is 19.1 Å². The molecule has 1 saturated heterocycles. The van der Waals surface area contributed by atoms with Crippen LogP contribution in [-0.4, -0.2) is 36.3 Å². The molecule has 0 saturated carbocycles. The molecule has 2 rings (SSSR count). The Kier molecular flexibility index (Phi) is 5.51. The molecule has 1 fully saturated rings. The highest BCUT2D eigenvalue weighted by Gasteiger charge is 2.28. The second-order valence-electron chi connectivity index (χ2n) is 6.93. The summed E-state index contributed by atoms with van der Waals surface area (Å²) in [7, 11) is 0. The Hall–Kier alpha value is -1.49. The van der Waals surface area contributed by atoms with Crippen molar-refractivity contribution in [1.29, 1.82) is 0 Å². The fourth-order valence-electron chi connectivity index (χ4n) is 2.58. The molecular weight excluding hydrogens is 282 g/mol. The van der Waals surface area contributed by atoms with Gasteiger partial charge in [-0.3, -0.25) is 0 Å². The number of rotatable bonds is 4. The van der Waals surface area contributed by atoms with Crippen LogP contribution in [0.1, 0.15) is 52.4 Å². The van der Waals surface area contributed by atoms with Crippen molar-refractivity contribution in [2.45, 2.75) is 52.2 Å². The van der Waals surface area contributed by atoms with Crippen molar-refractivity contribution in [2.24, 2.45) is 5.92 Å². The van der Waals surface area contributed by atoms with E-state index >= 15 is 0 Å². The van der Waals surface area contributed by atoms with Crippen LogP contribution in [0.5, 0.6) is 0 Å². The minimum atomic E-state index is -0.450. The van der Waals surface area contributed by atoms with Gasteiger partial charge in [-0.05, 0) is 52.7 Å². The standard InChI is InChI=1S/C17H27NO4/c1-13(15-8-6-10-20-15)21-12-14-7-5-9-18(11-14)16(19)22-17(2,3)4/h6,8,10,13-14H,5,7,9,11-12H2,1-4H3/t13-,14-/m0/s1. The first-order valence-corrected chi connectivity index (χ1v) is 7.98. The third-order valence-electron chi connectivity index (χ3n) is 3.70. The molecule has 0 N–H and O–H groups in total. The fourth-order valence-corrected chi connectivity index (χ4v) is 2.58. The van der Waals surface area contributed by atoms with Crippen LogP contribution in [0.4, 0.5) is 4.79 Å². The van der Waals surface area contributed by atoms with Crippen LogP contribution in [0, 0.1) is 5.92 Å². The maximum atomic E-state index is 12.1. The summed E-state index contributed by atoms with van der Waals surface area (Å²) >= 11 is 0. The first kappa shape index (κ1) is 16.9. The predicted molar refractivity (Wildman–Crippen MR) is 83.6 cm³/mol. The highest BCUT2D eigenvalue weighted by Crippen LogP contribution is 2.23. The number of ether oxygens (including phenoxy) is 2. The smallest absolute Gasteiger partial charge is 0.410 e. The summed E-state index contributed by atoms with van der Waals surface area (Å²) in [6.07, 6.45) is 3.43. The maximum Gasteiger partial charge on any atom is 0.410 e. The van der Waals surface area contributed by atoms with Gasteiger partial charge in [0.05, 0.1) is 12.9 Å². The Morgan fingerprint density at radius 2 is 2.27 bits per heavy atom. The summed E-state index contributed by atoms with van der Waals surface area (Å²) in [5.74, 6) is 1.18. The predicted octanol–water partition coefficient (Wildman–Crippen LogP) is 4.00. The van der Waals surface area contributed by atoms with Crippen molar-refractivity contribution in [3.8, 4) is 0 Å². The molecule has 1 aromatic heterocycles. The van der Waals surface area contributed by atoms with Crippen LogP contribution in [0.3, 0.4) is 0 Å². The van der Waals surface area contributed by atoms with Gasteiger partial charge in [-0.15, -0.1) is 0 Å². The third-order valence-corrected chi connectivity index (χ3v) is 3.70. The minimum absolute atomic E-state index is 0.0631. The Balaban J connectivity index is 1.79. The molecule has 0 aliphatic carbocycles. The lowest BCUT2D eigenvalue weighted by molar-refractivity contribution is -0.00817. The van der Waals surface area contributed by atoms with Crippen LogP contribution >= 0.6 is 0 Å². The number of carbonyl (C=O) groups excluding carboxylic acids is 1. The van der Waals surface area contributed by atoms with E-state index in [2.05, 4.69) is 0 Å². The summed E-state index contributed by atoms with van der Waals surface area (Å²) in [5.41, 5.74) is -0.450. The zero-order valence-electron chi connectivity index (χ0n) is 14.0. The number of piperidine rings is 1. The van der Waals surface area contributed by atoms with E-state index in [9.17, 15) is 4.79 Å². The number of nitrogens with zero attached hydrogens (tertiary/aromatic N) is 1. The summed E-state index contributed by atoms with van der Waals surface area (Å²) in [4.78, 5) is 13.9. The monoisotopic (exact) mass is 309 g/mol. The Labute approximate surface area is 132 Å². The normalized spacial score (nSPS) is 20.7. The van der Waals surface area contributed by atoms with Crippen molar-refractivity contribution in [2.75, 3.05) is 19.7 Å². The molecule has 1 aliphatic heterocycles. The number of hydrogen-bond donors (Lipinski definition) is 0. The molecule has 1 aliphatic rings. The van der Waals surface area contributed by atoms with Gasteiger partial charge >= 0.3 is 6.09 Å². The lowest BCUT2D eigenvalue weighted by Crippen LogP contribution is -2.43. The zero-order valence-corrected chi connectivity index (χ0v) is 14.0. The van der Waals surface area contributed by atoms with Gasteiger partial charge < -0.3 is 18.8 Å². The molecule has 0 bridgehead atoms. The Morgan fingerprint density at radius 3 is 2.91 bits per heavy atom. The highest BCUT2D eigenvalue weighted by atomic mass is 16.6. The average Bonchev–Trinajstić information content (AvgIpc) is 2.97. The number of amides is 1. The molecule has 1 aromatic rings. The molecule has 0 aromatic carbocycles. The van der Waals surface area contributed by atoms with Gasteiger partial charge in [0.25, 0.3) is 0 Å². The van der Waals surface area contributed by atoms with Crippen molar-refractivity contribution in [3.63, 3.8) is 0 Å². The number of hydrogen-bond acceptors (Lipinski definition) is 4. The molecule has 2 atom stereocenters. The molecular formula is C17H27NO4. The van der Waals surface area contributed by atoms with E-state index < -0.39 is 5.60 Å². The summed E-state index contributed by atoms with van der Waals surface area (Å²) in [6, 6.07) is 3.78. The summed E-state index contributed by atoms with van der Waals surface area (Å²) in [5, 5.41) is 0. The van der Waals surface area contributed by atoms with Crippen molar-refractivity contribution >= 4 is 6.09 Å². The van der Waals surface area contributed by atoms with Gasteiger partial charge in [0, 0.05) is 19.0 Å². The summed E-state index contributed by atoms with van der Waals surface area (Å²) in [6.45, 7) is 9.73. The molecule has 0 radical (unpaired) electrons. The van der Waals surface area contributed by atoms with E-state index in [1.54, 1.807) is 11.2 Å². The molecule has 0 unspecified atom stereocenters. The van der Waals surface area contributed by atoms with Crippen LogP contribution in [-0.2, 0) is 9.47 Å². The second kappa shape index (κ2) is 7.18. The zero-order chi connectivity index (χ0) is 16.2. The van der Waals surface area contributed by atoms with Crippen LogP contribution in [0.15, 0.2) is 22.8 Å². The van der Waals surface area contributed by atoms with E-state index in [1.807, 2.05) is 39.8 Å². The average molecular weight is 309 g/mol. The van der Waals surface area contributed by atoms with Gasteiger partial charge in [-0.25, -0.2) is 4.79 Å². The quantitative estimate of drug-likeness (QED) is 0.843. The van der Waals surface area contributed by atoms with Crippen molar-refractivity contribution in [1.82, 2.24) is 4.90 Å². The van der Waals surface area contributed by atoms with E-state index in [-0.39, 0.29) is 12.2 Å². The van der Waals surface area contributed by atoms with Crippen molar-refractivity contribution < 1.29 is 18.7 Å². The lowest BCUT2D eigenvalue weighted by atomic mass is 9.99. The molecule has 5 nitrogen and oxygen atoms in total. The number of carbonyl (C=O) groups is 1. The molecule has 1 amide bonds. The van der Waals surface area contributed by atoms with E-state index in [1.165, 1.54) is 0 Å². The first-order chi connectivity index (χ1) is 10.3. The van der Waals surface area contributed by atoms with Gasteiger partial charge in [-0.2, -0.15) is 0 Å². The Morgan fingerprint density at radius 1 is 1.50 bits per heavy atom. The van der Waals surface area contributed by atoms with Crippen LogP contribution < -0.4 is 0 Å². The minimum Gasteiger partial charge on any atom is -0.467 e. The first-order valence-electron chi connectivity index (χ1n) is 7.98. The van der Waals surface area contributed by atoms with Crippen molar-refractivity contribution in [3.05, 3.63) is 24.2 Å². The second-order valence-corrected chi connectivity index (χ2v) is 6.93. The summed E-state index contributed by atoms with van der Waals surface area (Å²) < 4.78 is 16.7. The molecule has 5 heteroatoms. The van der Waals surface area contributed by atoms with E-state index in [0.717, 1.165) is 25.1 Å². The molecule has 2 heterocycles. The Bertz CT molecular complexity index is 464. The topological polar surface area (TPSA) is 51.9 Å². The largest absolute Gasteiger partial charge is 0.467 e. The van der Waals surface area contributed by atoms with Gasteiger partial charge in [-0.1, -0.05) is 0 Å².